The maximum Gasteiger partial charge on any atom is 0.249 e. The van der Waals surface area contributed by atoms with Gasteiger partial charge in [0.25, 0.3) is 0 Å². The smallest absolute Gasteiger partial charge is 0.249 e. The summed E-state index contributed by atoms with van der Waals surface area (Å²) in [5, 5.41) is 15.4. The Morgan fingerprint density at radius 2 is 1.70 bits per heavy atom. The predicted molar refractivity (Wildman–Crippen MR) is 105 cm³/mol. The molecule has 0 spiro atoms. The minimum Gasteiger partial charge on any atom is -0.344 e. The number of amides is 2. The molecule has 4 bridgehead atoms. The number of aryl methyl sites for hydroxylation is 1. The first-order valence-corrected chi connectivity index (χ1v) is 11.1. The number of nitrogens with zero attached hydrogens (tertiary/aromatic N) is 2. The van der Waals surface area contributed by atoms with Crippen LogP contribution in [0.4, 0.5) is 5.13 Å². The molecule has 1 heterocycles. The summed E-state index contributed by atoms with van der Waals surface area (Å²) in [7, 11) is 0. The van der Waals surface area contributed by atoms with E-state index in [1.54, 1.807) is 0 Å². The van der Waals surface area contributed by atoms with Crippen LogP contribution in [0.15, 0.2) is 0 Å². The molecular weight excluding hydrogens is 360 g/mol. The van der Waals surface area contributed by atoms with E-state index in [0.717, 1.165) is 30.7 Å². The molecule has 4 aliphatic rings. The highest BCUT2D eigenvalue weighted by Crippen LogP contribution is 2.60. The zero-order chi connectivity index (χ0) is 19.2. The number of carbonyl (C=O) groups is 2. The van der Waals surface area contributed by atoms with E-state index in [1.807, 2.05) is 20.8 Å². The number of aromatic nitrogens is 2. The van der Waals surface area contributed by atoms with Gasteiger partial charge in [0.2, 0.25) is 16.9 Å². The minimum absolute atomic E-state index is 0.0152. The van der Waals surface area contributed by atoms with Crippen molar-refractivity contribution in [1.82, 2.24) is 15.5 Å². The lowest BCUT2D eigenvalue weighted by atomic mass is 9.49. The standard InChI is InChI=1S/C20H30N4O2S/c1-4-15-23-24-19(27-15)22-17(25)16(11(2)3)21-18(26)20-8-12-5-13(9-20)7-14(6-12)10-20/h11-14,16H,4-10H2,1-3H3,(H,21,26)(H,22,24,25)/t12?,13?,14?,16-,20?/m1/s1. The predicted octanol–water partition coefficient (Wildman–Crippen LogP) is 3.40. The molecule has 4 fully saturated rings. The Morgan fingerprint density at radius 1 is 1.11 bits per heavy atom. The minimum atomic E-state index is -0.542. The third-order valence-corrected chi connectivity index (χ3v) is 7.74. The molecule has 6 nitrogen and oxygen atoms in total. The monoisotopic (exact) mass is 390 g/mol. The van der Waals surface area contributed by atoms with Gasteiger partial charge >= 0.3 is 0 Å². The molecule has 0 radical (unpaired) electrons. The summed E-state index contributed by atoms with van der Waals surface area (Å²) in [5.41, 5.74) is -0.236. The van der Waals surface area contributed by atoms with Crippen molar-refractivity contribution in [2.45, 2.75) is 71.8 Å². The first-order chi connectivity index (χ1) is 12.9. The summed E-state index contributed by atoms with van der Waals surface area (Å²) in [6.45, 7) is 5.96. The van der Waals surface area contributed by atoms with Crippen LogP contribution in [0, 0.1) is 29.1 Å². The van der Waals surface area contributed by atoms with Crippen LogP contribution in [0.1, 0.15) is 64.3 Å². The van der Waals surface area contributed by atoms with E-state index < -0.39 is 6.04 Å². The number of nitrogens with one attached hydrogen (secondary N) is 2. The molecule has 1 aromatic heterocycles. The molecule has 0 unspecified atom stereocenters. The number of hydrogen-bond donors (Lipinski definition) is 2. The second-order valence-electron chi connectivity index (χ2n) is 9.24. The highest BCUT2D eigenvalue weighted by molar-refractivity contribution is 7.15. The van der Waals surface area contributed by atoms with Gasteiger partial charge in [-0.15, -0.1) is 10.2 Å². The summed E-state index contributed by atoms with van der Waals surface area (Å²) in [5.74, 6) is 2.05. The van der Waals surface area contributed by atoms with Gasteiger partial charge in [0.15, 0.2) is 0 Å². The van der Waals surface area contributed by atoms with E-state index in [9.17, 15) is 9.59 Å². The maximum absolute atomic E-state index is 13.3. The molecule has 1 atom stereocenters. The highest BCUT2D eigenvalue weighted by Gasteiger charge is 2.55. The third-order valence-electron chi connectivity index (χ3n) is 6.76. The lowest BCUT2D eigenvalue weighted by Gasteiger charge is -2.55. The lowest BCUT2D eigenvalue weighted by Crippen LogP contribution is -2.57. The van der Waals surface area contributed by atoms with Crippen LogP contribution >= 0.6 is 11.3 Å². The van der Waals surface area contributed by atoms with Gasteiger partial charge in [0, 0.05) is 5.41 Å². The number of rotatable bonds is 6. The van der Waals surface area contributed by atoms with Crippen molar-refractivity contribution in [3.8, 4) is 0 Å². The second-order valence-corrected chi connectivity index (χ2v) is 10.3. The molecule has 0 aliphatic heterocycles. The van der Waals surface area contributed by atoms with Gasteiger partial charge in [0.05, 0.1) is 0 Å². The van der Waals surface area contributed by atoms with Gasteiger partial charge in [0.1, 0.15) is 11.0 Å². The van der Waals surface area contributed by atoms with Crippen LogP contribution in [-0.2, 0) is 16.0 Å². The summed E-state index contributed by atoms with van der Waals surface area (Å²) < 4.78 is 0. The maximum atomic E-state index is 13.3. The molecule has 5 rings (SSSR count). The van der Waals surface area contributed by atoms with Gasteiger partial charge in [-0.25, -0.2) is 0 Å². The molecular formula is C20H30N4O2S. The van der Waals surface area contributed by atoms with Crippen molar-refractivity contribution in [2.75, 3.05) is 5.32 Å². The van der Waals surface area contributed by atoms with Crippen LogP contribution in [0.5, 0.6) is 0 Å². The zero-order valence-electron chi connectivity index (χ0n) is 16.5. The van der Waals surface area contributed by atoms with Gasteiger partial charge in [-0.1, -0.05) is 32.1 Å². The number of anilines is 1. The summed E-state index contributed by atoms with van der Waals surface area (Å²) >= 11 is 1.39. The fourth-order valence-electron chi connectivity index (χ4n) is 5.85. The molecule has 1 aromatic rings. The van der Waals surface area contributed by atoms with E-state index in [0.29, 0.717) is 22.9 Å². The largest absolute Gasteiger partial charge is 0.344 e. The SMILES string of the molecule is CCc1nnc(NC(=O)[C@H](NC(=O)C23CC4CC(CC(C4)C2)C3)C(C)C)s1. The molecule has 7 heteroatoms. The Balaban J connectivity index is 1.45. The van der Waals surface area contributed by atoms with E-state index in [-0.39, 0.29) is 23.1 Å². The average molecular weight is 391 g/mol. The normalized spacial score (nSPS) is 32.5. The quantitative estimate of drug-likeness (QED) is 0.780. The number of hydrogen-bond acceptors (Lipinski definition) is 5. The van der Waals surface area contributed by atoms with Crippen LogP contribution < -0.4 is 10.6 Å². The lowest BCUT2D eigenvalue weighted by molar-refractivity contribution is -0.148. The third kappa shape index (κ3) is 3.62. The van der Waals surface area contributed by atoms with Gasteiger partial charge in [-0.3, -0.25) is 14.9 Å². The topological polar surface area (TPSA) is 84.0 Å². The van der Waals surface area contributed by atoms with Crippen molar-refractivity contribution in [2.24, 2.45) is 29.1 Å². The van der Waals surface area contributed by atoms with Crippen LogP contribution in [0.2, 0.25) is 0 Å². The Hall–Kier alpha value is -1.50. The number of carbonyl (C=O) groups excluding carboxylic acids is 2. The van der Waals surface area contributed by atoms with Gasteiger partial charge < -0.3 is 5.32 Å². The molecule has 2 amide bonds. The molecule has 27 heavy (non-hydrogen) atoms. The fraction of sp³-hybridized carbons (Fsp3) is 0.800. The van der Waals surface area contributed by atoms with Gasteiger partial charge in [-0.05, 0) is 68.6 Å². The van der Waals surface area contributed by atoms with Crippen molar-refractivity contribution in [3.05, 3.63) is 5.01 Å². The fourth-order valence-corrected chi connectivity index (χ4v) is 6.53. The molecule has 4 aliphatic carbocycles. The summed E-state index contributed by atoms with van der Waals surface area (Å²) in [6, 6.07) is -0.542. The highest BCUT2D eigenvalue weighted by atomic mass is 32.1. The Labute approximate surface area is 164 Å². The summed E-state index contributed by atoms with van der Waals surface area (Å²) in [4.78, 5) is 26.1. The van der Waals surface area contributed by atoms with E-state index in [4.69, 9.17) is 0 Å². The van der Waals surface area contributed by atoms with E-state index in [2.05, 4.69) is 20.8 Å². The van der Waals surface area contributed by atoms with Crippen molar-refractivity contribution < 1.29 is 9.59 Å². The molecule has 2 N–H and O–H groups in total. The second kappa shape index (κ2) is 7.15. The van der Waals surface area contributed by atoms with Gasteiger partial charge in [-0.2, -0.15) is 0 Å². The molecule has 0 saturated heterocycles. The van der Waals surface area contributed by atoms with Crippen LogP contribution in [0.3, 0.4) is 0 Å². The first-order valence-electron chi connectivity index (χ1n) is 10.3. The summed E-state index contributed by atoms with van der Waals surface area (Å²) in [6.07, 6.45) is 7.73. The van der Waals surface area contributed by atoms with Crippen LogP contribution in [0.25, 0.3) is 0 Å². The zero-order valence-corrected chi connectivity index (χ0v) is 17.3. The molecule has 4 saturated carbocycles. The van der Waals surface area contributed by atoms with Crippen molar-refractivity contribution in [1.29, 1.82) is 0 Å². The van der Waals surface area contributed by atoms with Crippen molar-refractivity contribution >= 4 is 28.3 Å². The van der Waals surface area contributed by atoms with Crippen molar-refractivity contribution in [3.63, 3.8) is 0 Å². The Kier molecular flexibility index (Phi) is 4.99. The van der Waals surface area contributed by atoms with E-state index >= 15 is 0 Å². The van der Waals surface area contributed by atoms with Crippen LogP contribution in [-0.4, -0.2) is 28.1 Å². The Morgan fingerprint density at radius 3 is 2.19 bits per heavy atom. The van der Waals surface area contributed by atoms with E-state index in [1.165, 1.54) is 30.6 Å². The molecule has 0 aromatic carbocycles. The average Bonchev–Trinajstić information content (AvgIpc) is 3.05. The Bertz CT molecular complexity index is 694. The first kappa shape index (κ1) is 18.8. The molecule has 148 valence electrons.